The Bertz CT molecular complexity index is 5620. The van der Waals surface area contributed by atoms with Gasteiger partial charge in [0.15, 0.2) is 0 Å². The molecule has 0 unspecified atom stereocenters. The summed E-state index contributed by atoms with van der Waals surface area (Å²) in [5.41, 5.74) is 24.3. The molecule has 0 aliphatic heterocycles. The molecule has 0 radical (unpaired) electrons. The quantitative estimate of drug-likeness (QED) is 0.0117. The van der Waals surface area contributed by atoms with Crippen LogP contribution in [0.3, 0.4) is 0 Å². The Morgan fingerprint density at radius 1 is 0.310 bits per heavy atom. The molecule has 4 N–H and O–H groups in total. The van der Waals surface area contributed by atoms with Crippen molar-refractivity contribution in [2.45, 2.75) is 253 Å². The van der Waals surface area contributed by atoms with E-state index in [4.69, 9.17) is 29.4 Å². The number of esters is 5. The van der Waals surface area contributed by atoms with Crippen LogP contribution in [-0.2, 0) is 82.0 Å². The highest BCUT2D eigenvalue weighted by Gasteiger charge is 2.54. The number of nitro benzene ring substituents is 1. The van der Waals surface area contributed by atoms with Crippen LogP contribution in [0.15, 0.2) is 207 Å². The molecule has 1 heterocycles. The van der Waals surface area contributed by atoms with Gasteiger partial charge in [0.1, 0.15) is 0 Å². The lowest BCUT2D eigenvalue weighted by Gasteiger charge is -2.54. The van der Waals surface area contributed by atoms with Gasteiger partial charge in [0.2, 0.25) is 0 Å². The number of benzene rings is 8. The number of carbonyl (C=O) groups is 5. The third-order valence-corrected chi connectivity index (χ3v) is 38.0. The zero-order valence-electron chi connectivity index (χ0n) is 86.5. The molecule has 20 fully saturated rings. The number of hydrogen-bond donors (Lipinski definition) is 3. The van der Waals surface area contributed by atoms with Crippen molar-refractivity contribution in [3.63, 3.8) is 0 Å². The number of rotatable bonds is 32. The number of aromatic nitrogens is 1. The fraction of sp³-hybridized carbons (Fsp3) is 0.543. The number of nitrogens with zero attached hydrogens (tertiary/aromatic N) is 3. The van der Waals surface area contributed by atoms with Crippen molar-refractivity contribution in [1.29, 1.82) is 0 Å². The van der Waals surface area contributed by atoms with E-state index in [2.05, 4.69) is 130 Å². The zero-order chi connectivity index (χ0) is 99.7. The maximum Gasteiger partial charge on any atom is 0.338 e. The van der Waals surface area contributed by atoms with Gasteiger partial charge in [-0.2, -0.15) is 0 Å². The second kappa shape index (κ2) is 46.5. The molecule has 20 bridgehead atoms. The van der Waals surface area contributed by atoms with Gasteiger partial charge in [-0.05, 0) is 486 Å². The van der Waals surface area contributed by atoms with Gasteiger partial charge in [-0.1, -0.05) is 121 Å². The monoisotopic (exact) mass is 1960 g/mol. The van der Waals surface area contributed by atoms with E-state index in [1.807, 2.05) is 101 Å². The highest BCUT2D eigenvalue weighted by molar-refractivity contribution is 5.93. The normalized spacial score (nSPS) is 29.7. The average Bonchev–Trinajstić information content (AvgIpc) is 0.596. The third kappa shape index (κ3) is 24.2. The fourth-order valence-electron chi connectivity index (χ4n) is 32.7. The molecule has 20 saturated carbocycles. The van der Waals surface area contributed by atoms with Crippen molar-refractivity contribution in [2.75, 3.05) is 54.3 Å². The van der Waals surface area contributed by atoms with Crippen molar-refractivity contribution < 1.29 is 52.6 Å². The van der Waals surface area contributed by atoms with Crippen molar-refractivity contribution >= 4 is 58.3 Å². The second-order valence-electron chi connectivity index (χ2n) is 47.1. The molecular formula is C127H156N6O12. The van der Waals surface area contributed by atoms with Crippen LogP contribution in [0.25, 0.3) is 0 Å². The molecule has 8 aromatic carbocycles. The molecule has 0 amide bonds. The van der Waals surface area contributed by atoms with E-state index in [-0.39, 0.29) is 46.7 Å². The first kappa shape index (κ1) is 101. The molecule has 20 aliphatic rings. The lowest BCUT2D eigenvalue weighted by Crippen LogP contribution is -2.45. The smallest absolute Gasteiger partial charge is 0.338 e. The molecule has 9 aromatic rings. The number of ether oxygens (including phenoxy) is 5. The molecule has 0 spiro atoms. The zero-order valence-corrected chi connectivity index (χ0v) is 86.5. The van der Waals surface area contributed by atoms with Gasteiger partial charge in [-0.15, -0.1) is 0 Å². The van der Waals surface area contributed by atoms with Crippen LogP contribution in [-0.4, -0.2) is 72.8 Å². The Kier molecular flexibility index (Phi) is 32.4. The van der Waals surface area contributed by atoms with E-state index in [1.54, 1.807) is 25.1 Å². The van der Waals surface area contributed by atoms with Gasteiger partial charge >= 0.3 is 29.8 Å². The van der Waals surface area contributed by atoms with Crippen molar-refractivity contribution in [2.24, 2.45) is 148 Å². The Morgan fingerprint density at radius 3 is 0.876 bits per heavy atom. The number of nitrogens with two attached hydrogens (primary N) is 1. The molecule has 29 rings (SSSR count). The Hall–Kier alpha value is -11.1. The summed E-state index contributed by atoms with van der Waals surface area (Å²) >= 11 is 0. The van der Waals surface area contributed by atoms with Gasteiger partial charge in [0.05, 0.1) is 65.8 Å². The second-order valence-corrected chi connectivity index (χ2v) is 47.1. The minimum absolute atomic E-state index is 0.0689. The van der Waals surface area contributed by atoms with Crippen LogP contribution >= 0.6 is 0 Å². The number of nitrogens with one attached hydrogen (secondary N) is 2. The summed E-state index contributed by atoms with van der Waals surface area (Å²) in [6.07, 6.45) is 44.6. The molecule has 0 atom stereocenters. The van der Waals surface area contributed by atoms with Crippen LogP contribution in [0.5, 0.6) is 0 Å². The highest BCUT2D eigenvalue weighted by atomic mass is 16.6. The number of carbonyl (C=O) groups excluding carboxylic acids is 5. The van der Waals surface area contributed by atoms with Gasteiger partial charge in [-0.3, -0.25) is 15.1 Å². The number of nitro groups is 1. The summed E-state index contributed by atoms with van der Waals surface area (Å²) in [6, 6.07) is 65.0. The summed E-state index contributed by atoms with van der Waals surface area (Å²) in [6.45, 7) is 14.1. The minimum Gasteiger partial charge on any atom is -0.462 e. The maximum absolute atomic E-state index is 12.8. The first-order valence-corrected chi connectivity index (χ1v) is 56.4. The topological polar surface area (TPSA) is 241 Å². The number of hydrogen-bond acceptors (Lipinski definition) is 17. The highest BCUT2D eigenvalue weighted by Crippen LogP contribution is 2.63. The minimum atomic E-state index is -0.494. The van der Waals surface area contributed by atoms with E-state index >= 15 is 0 Å². The molecule has 766 valence electrons. The standard InChI is InChI=1S/C34H39NO2.C27H33NO2.C26H32N2O2.C20H25NO4.C20H27NO2/c1-2-37-34(36)29-14-13-28(20-32-30-16-26-15-27(18-30)19-31(32)17-26)33(21-29)35(22-24-9-5-3-6-10-24)23-25-11-7-4-8-12-25;1-2-30-27(29)22-9-8-21(26(16-22)28-17-18-6-4-3-5-7-18)15-25-23-11-19-10-20(13-23)14-24(25)12-19;1-2-30-26(29)21-4-3-20(25(15-21)28-16-17-5-7-27-8-6-17)14-24-22-10-18-9-19(12-22)13-23(24)11-18;1-2-25-20(22)15-4-3-14(19(11-15)21(23)24)10-18-16-6-12-5-13(8-16)9-17(18)7-12;1-2-23-20(22)15-4-3-14(19(21)11-15)10-18-16-6-12-5-13(8-16)9-17(18)7-12/h3-14,21,26-27,30-32H,2,15-20,22-23H2,1H3;3-9,16,19-20,23-25,28H,2,10-15,17H2,1H3;3-8,15,18-19,22-24,28H,2,9-14,16H2,1H3;3-4,11-13,16-18H,2,5-10H2,1H3;3-4,11-13,16-18H,2,5-10,21H2,1H3. The largest absolute Gasteiger partial charge is 0.462 e. The predicted octanol–water partition coefficient (Wildman–Crippen LogP) is 27.7. The van der Waals surface area contributed by atoms with Crippen molar-refractivity contribution in [3.05, 3.63) is 295 Å². The fourth-order valence-corrected chi connectivity index (χ4v) is 32.7. The van der Waals surface area contributed by atoms with Crippen LogP contribution in [0, 0.1) is 158 Å². The summed E-state index contributed by atoms with van der Waals surface area (Å²) in [4.78, 5) is 78.9. The van der Waals surface area contributed by atoms with E-state index in [0.29, 0.717) is 54.6 Å². The molecule has 18 heteroatoms. The summed E-state index contributed by atoms with van der Waals surface area (Å²) in [5.74, 6) is 20.8. The molecule has 0 saturated heterocycles. The van der Waals surface area contributed by atoms with Crippen LogP contribution in [0.4, 0.5) is 28.4 Å². The first-order chi connectivity index (χ1) is 70.7. The average molecular weight is 1960 g/mol. The van der Waals surface area contributed by atoms with Gasteiger partial charge in [-0.25, -0.2) is 24.0 Å². The molecule has 20 aliphatic carbocycles. The van der Waals surface area contributed by atoms with Crippen LogP contribution in [0.1, 0.15) is 297 Å². The summed E-state index contributed by atoms with van der Waals surface area (Å²) in [7, 11) is 0. The van der Waals surface area contributed by atoms with Crippen molar-refractivity contribution in [3.8, 4) is 0 Å². The van der Waals surface area contributed by atoms with E-state index in [1.165, 1.54) is 217 Å². The number of pyridine rings is 1. The lowest BCUT2D eigenvalue weighted by molar-refractivity contribution is -0.385. The first-order valence-electron chi connectivity index (χ1n) is 56.4. The van der Waals surface area contributed by atoms with E-state index in [0.717, 1.165) is 223 Å². The van der Waals surface area contributed by atoms with Gasteiger partial charge in [0.25, 0.3) is 5.69 Å². The lowest BCUT2D eigenvalue weighted by atomic mass is 9.51. The number of nitrogen functional groups attached to an aromatic ring is 1. The molecular weight excluding hydrogens is 1800 g/mol. The molecule has 145 heavy (non-hydrogen) atoms. The van der Waals surface area contributed by atoms with Gasteiger partial charge in [0, 0.05) is 73.0 Å². The van der Waals surface area contributed by atoms with Gasteiger partial charge < -0.3 is 45.0 Å². The van der Waals surface area contributed by atoms with Crippen molar-refractivity contribution in [1.82, 2.24) is 4.98 Å². The Morgan fingerprint density at radius 2 is 0.566 bits per heavy atom. The SMILES string of the molecule is CCOC(=O)c1ccc(CC2C3CC4CC(C3)CC2C4)c(N(Cc2ccccc2)Cc2ccccc2)c1.CCOC(=O)c1ccc(CC2C3CC4CC(C3)CC2C4)c(N)c1.CCOC(=O)c1ccc(CC2C3CC4CC(C3)CC2C4)c(NCc2ccccc2)c1.CCOC(=O)c1ccc(CC2C3CC4CC(C3)CC2C4)c(NCc2ccncc2)c1.CCOC(=O)c1ccc(CC2C3CC4CC(C3)CC2C4)c([N+](=O)[O-])c1. The van der Waals surface area contributed by atoms with E-state index < -0.39 is 5.97 Å². The predicted molar refractivity (Wildman–Crippen MR) is 572 cm³/mol. The van der Waals surface area contributed by atoms with E-state index in [9.17, 15) is 34.1 Å². The summed E-state index contributed by atoms with van der Waals surface area (Å²) < 4.78 is 25.9. The Balaban J connectivity index is 0.000000111. The molecule has 1 aromatic heterocycles. The Labute approximate surface area is 860 Å². The third-order valence-electron chi connectivity index (χ3n) is 38.0. The summed E-state index contributed by atoms with van der Waals surface area (Å²) in [5, 5.41) is 18.8. The molecule has 18 nitrogen and oxygen atoms in total. The van der Waals surface area contributed by atoms with Crippen LogP contribution in [0.2, 0.25) is 0 Å². The van der Waals surface area contributed by atoms with Crippen LogP contribution < -0.4 is 21.3 Å². The maximum atomic E-state index is 12.8. The number of anilines is 4.